The van der Waals surface area contributed by atoms with Crippen LogP contribution in [0.3, 0.4) is 0 Å². The lowest BCUT2D eigenvalue weighted by Gasteiger charge is -2.18. The van der Waals surface area contributed by atoms with E-state index in [9.17, 15) is 4.79 Å². The molecule has 2 aromatic carbocycles. The van der Waals surface area contributed by atoms with Gasteiger partial charge in [0.05, 0.1) is 23.6 Å². The van der Waals surface area contributed by atoms with Gasteiger partial charge in [0.25, 0.3) is 5.91 Å². The third kappa shape index (κ3) is 3.35. The largest absolute Gasteiger partial charge is 0.344 e. The van der Waals surface area contributed by atoms with E-state index in [2.05, 4.69) is 20.7 Å². The van der Waals surface area contributed by atoms with Crippen molar-refractivity contribution in [2.45, 2.75) is 13.0 Å². The van der Waals surface area contributed by atoms with E-state index in [0.29, 0.717) is 5.69 Å². The summed E-state index contributed by atoms with van der Waals surface area (Å²) in [7, 11) is 0. The highest BCUT2D eigenvalue weighted by Gasteiger charge is 2.19. The number of hydrogen-bond acceptors (Lipinski definition) is 4. The molecule has 0 aliphatic carbocycles. The molecule has 0 bridgehead atoms. The quantitative estimate of drug-likeness (QED) is 0.595. The number of aromatic nitrogens is 5. The summed E-state index contributed by atoms with van der Waals surface area (Å²) in [6.07, 6.45) is 5.07. The summed E-state index contributed by atoms with van der Waals surface area (Å²) in [6.45, 7) is 1.94. The number of carbonyl (C=O) groups excluding carboxylic acids is 1. The van der Waals surface area contributed by atoms with Gasteiger partial charge in [-0.25, -0.2) is 9.36 Å². The molecule has 2 heterocycles. The number of nitrogens with zero attached hydrogens (tertiary/aromatic N) is 5. The lowest BCUT2D eigenvalue weighted by atomic mass is 10.1. The summed E-state index contributed by atoms with van der Waals surface area (Å²) in [5.41, 5.74) is 3.05. The van der Waals surface area contributed by atoms with Crippen molar-refractivity contribution in [2.75, 3.05) is 0 Å². The summed E-state index contributed by atoms with van der Waals surface area (Å²) in [6, 6.07) is 18.9. The summed E-state index contributed by atoms with van der Waals surface area (Å²) in [5, 5.41) is 15.3. The molecule has 1 N–H and O–H groups in total. The molecule has 27 heavy (non-hydrogen) atoms. The maximum Gasteiger partial charge on any atom is 0.272 e. The van der Waals surface area contributed by atoms with Crippen LogP contribution >= 0.6 is 0 Å². The molecule has 4 aromatic rings. The third-order valence-electron chi connectivity index (χ3n) is 4.28. The van der Waals surface area contributed by atoms with Crippen molar-refractivity contribution in [3.8, 4) is 11.4 Å². The lowest BCUT2D eigenvalue weighted by Crippen LogP contribution is -2.29. The Bertz CT molecular complexity index is 1040. The summed E-state index contributed by atoms with van der Waals surface area (Å²) < 4.78 is 3.31. The molecule has 0 fully saturated rings. The molecule has 2 aromatic heterocycles. The first-order valence-corrected chi connectivity index (χ1v) is 8.60. The summed E-state index contributed by atoms with van der Waals surface area (Å²) >= 11 is 0. The third-order valence-corrected chi connectivity index (χ3v) is 4.28. The average Bonchev–Trinajstić information content (AvgIpc) is 3.40. The molecule has 0 aliphatic heterocycles. The molecule has 134 valence electrons. The van der Waals surface area contributed by atoms with Crippen LogP contribution in [0.5, 0.6) is 0 Å². The monoisotopic (exact) mass is 358 g/mol. The number of rotatable bonds is 5. The number of nitrogens with one attached hydrogen (secondary N) is 1. The molecule has 0 aliphatic rings. The molecule has 0 saturated heterocycles. The van der Waals surface area contributed by atoms with Gasteiger partial charge in [-0.2, -0.15) is 5.10 Å². The predicted octanol–water partition coefficient (Wildman–Crippen LogP) is 2.94. The van der Waals surface area contributed by atoms with E-state index in [0.717, 1.165) is 16.9 Å². The predicted molar refractivity (Wildman–Crippen MR) is 101 cm³/mol. The molecule has 0 unspecified atom stereocenters. The molecule has 7 nitrogen and oxygen atoms in total. The second-order valence-corrected chi connectivity index (χ2v) is 6.07. The molecule has 1 amide bonds. The van der Waals surface area contributed by atoms with Crippen LogP contribution < -0.4 is 5.32 Å². The van der Waals surface area contributed by atoms with Crippen molar-refractivity contribution >= 4 is 5.91 Å². The fraction of sp³-hybridized carbons (Fsp3) is 0.100. The molecular formula is C20H18N6O. The Morgan fingerprint density at radius 2 is 1.81 bits per heavy atom. The van der Waals surface area contributed by atoms with Gasteiger partial charge in [0.15, 0.2) is 5.69 Å². The van der Waals surface area contributed by atoms with Crippen LogP contribution in [0.25, 0.3) is 11.4 Å². The van der Waals surface area contributed by atoms with E-state index >= 15 is 0 Å². The van der Waals surface area contributed by atoms with Gasteiger partial charge < -0.3 is 5.32 Å². The molecule has 1 atom stereocenters. The highest BCUT2D eigenvalue weighted by molar-refractivity contribution is 5.93. The number of para-hydroxylation sites is 2. The zero-order chi connectivity index (χ0) is 18.6. The first kappa shape index (κ1) is 16.7. The number of hydrogen-bond donors (Lipinski definition) is 1. The SMILES string of the molecule is C[C@@H](NC(=O)c1cnnn1-c1ccccc1)c1ccccc1-n1cccn1. The number of benzene rings is 2. The maximum absolute atomic E-state index is 12.8. The lowest BCUT2D eigenvalue weighted by molar-refractivity contribution is 0.0932. The standard InChI is InChI=1S/C20H18N6O/c1-15(17-10-5-6-11-18(17)25-13-7-12-22-25)23-20(27)19-14-21-24-26(19)16-8-3-2-4-9-16/h2-15H,1H3,(H,23,27)/t15-/m1/s1. The topological polar surface area (TPSA) is 77.6 Å². The second kappa shape index (κ2) is 7.25. The molecule has 0 radical (unpaired) electrons. The molecule has 0 spiro atoms. The Morgan fingerprint density at radius 3 is 2.59 bits per heavy atom. The minimum atomic E-state index is -0.244. The Morgan fingerprint density at radius 1 is 1.04 bits per heavy atom. The van der Waals surface area contributed by atoms with Crippen molar-refractivity contribution in [1.29, 1.82) is 0 Å². The Balaban J connectivity index is 1.60. The summed E-state index contributed by atoms with van der Waals surface area (Å²) in [4.78, 5) is 12.8. The fourth-order valence-corrected chi connectivity index (χ4v) is 2.97. The smallest absolute Gasteiger partial charge is 0.272 e. The average molecular weight is 358 g/mol. The number of amides is 1. The van der Waals surface area contributed by atoms with E-state index in [-0.39, 0.29) is 11.9 Å². The Kier molecular flexibility index (Phi) is 4.49. The van der Waals surface area contributed by atoms with Gasteiger partial charge in [0, 0.05) is 12.4 Å². The van der Waals surface area contributed by atoms with E-state index in [1.807, 2.05) is 73.8 Å². The van der Waals surface area contributed by atoms with Gasteiger partial charge in [-0.1, -0.05) is 41.6 Å². The van der Waals surface area contributed by atoms with Gasteiger partial charge in [0.2, 0.25) is 0 Å². The van der Waals surface area contributed by atoms with Crippen molar-refractivity contribution in [3.63, 3.8) is 0 Å². The maximum atomic E-state index is 12.8. The minimum Gasteiger partial charge on any atom is -0.344 e. The van der Waals surface area contributed by atoms with E-state index in [4.69, 9.17) is 0 Å². The molecule has 7 heteroatoms. The van der Waals surface area contributed by atoms with Crippen LogP contribution in [-0.4, -0.2) is 30.7 Å². The first-order chi connectivity index (χ1) is 13.2. The van der Waals surface area contributed by atoms with Crippen LogP contribution in [0, 0.1) is 0 Å². The van der Waals surface area contributed by atoms with Crippen molar-refractivity contribution in [2.24, 2.45) is 0 Å². The molecular weight excluding hydrogens is 340 g/mol. The van der Waals surface area contributed by atoms with Crippen LogP contribution in [0.4, 0.5) is 0 Å². The zero-order valence-electron chi connectivity index (χ0n) is 14.7. The van der Waals surface area contributed by atoms with E-state index in [1.165, 1.54) is 10.9 Å². The van der Waals surface area contributed by atoms with Gasteiger partial charge >= 0.3 is 0 Å². The van der Waals surface area contributed by atoms with E-state index < -0.39 is 0 Å². The van der Waals surface area contributed by atoms with Crippen molar-refractivity contribution in [1.82, 2.24) is 30.1 Å². The molecule has 0 saturated carbocycles. The van der Waals surface area contributed by atoms with Crippen molar-refractivity contribution < 1.29 is 4.79 Å². The van der Waals surface area contributed by atoms with Crippen LogP contribution in [0.1, 0.15) is 29.0 Å². The summed E-state index contributed by atoms with van der Waals surface area (Å²) in [5.74, 6) is -0.244. The first-order valence-electron chi connectivity index (χ1n) is 8.60. The fourth-order valence-electron chi connectivity index (χ4n) is 2.97. The Labute approximate surface area is 156 Å². The minimum absolute atomic E-state index is 0.225. The zero-order valence-corrected chi connectivity index (χ0v) is 14.7. The van der Waals surface area contributed by atoms with E-state index in [1.54, 1.807) is 10.9 Å². The van der Waals surface area contributed by atoms with Gasteiger partial charge in [0.1, 0.15) is 0 Å². The van der Waals surface area contributed by atoms with Crippen LogP contribution in [-0.2, 0) is 0 Å². The highest BCUT2D eigenvalue weighted by Crippen LogP contribution is 2.21. The van der Waals surface area contributed by atoms with Crippen LogP contribution in [0.15, 0.2) is 79.3 Å². The Hall–Kier alpha value is -3.74. The van der Waals surface area contributed by atoms with Crippen molar-refractivity contribution in [3.05, 3.63) is 90.5 Å². The van der Waals surface area contributed by atoms with Gasteiger partial charge in [-0.15, -0.1) is 5.10 Å². The normalized spacial score (nSPS) is 11.9. The molecule has 4 rings (SSSR count). The van der Waals surface area contributed by atoms with Crippen LogP contribution in [0.2, 0.25) is 0 Å². The van der Waals surface area contributed by atoms with Gasteiger partial charge in [-0.05, 0) is 36.8 Å². The highest BCUT2D eigenvalue weighted by atomic mass is 16.2. The second-order valence-electron chi connectivity index (χ2n) is 6.07. The number of carbonyl (C=O) groups is 1. The van der Waals surface area contributed by atoms with Gasteiger partial charge in [-0.3, -0.25) is 4.79 Å².